The lowest BCUT2D eigenvalue weighted by atomic mass is 10.0. The summed E-state index contributed by atoms with van der Waals surface area (Å²) < 4.78 is 5.94. The predicted molar refractivity (Wildman–Crippen MR) is 123 cm³/mol. The van der Waals surface area contributed by atoms with E-state index in [0.29, 0.717) is 11.8 Å². The fraction of sp³-hybridized carbons (Fsp3) is 0.259. The number of hydrogen-bond donors (Lipinski definition) is 0. The van der Waals surface area contributed by atoms with E-state index < -0.39 is 0 Å². The van der Waals surface area contributed by atoms with Crippen LogP contribution in [0.5, 0.6) is 0 Å². The number of nitrogens with zero attached hydrogens (tertiary/aromatic N) is 2. The number of hydrogen-bond acceptors (Lipinski definition) is 3. The Morgan fingerprint density at radius 2 is 1.10 bits per heavy atom. The Hall–Kier alpha value is -3.20. The molecule has 1 aromatic heterocycles. The topological polar surface area (TPSA) is 38.9 Å². The molecule has 0 fully saturated rings. The van der Waals surface area contributed by atoms with E-state index >= 15 is 0 Å². The van der Waals surface area contributed by atoms with Crippen molar-refractivity contribution in [2.75, 3.05) is 0 Å². The van der Waals surface area contributed by atoms with Crippen LogP contribution in [-0.2, 0) is 6.42 Å². The summed E-state index contributed by atoms with van der Waals surface area (Å²) in [7, 11) is 0. The molecular weight excluding hydrogens is 368 g/mol. The van der Waals surface area contributed by atoms with Crippen molar-refractivity contribution in [1.82, 2.24) is 10.2 Å². The van der Waals surface area contributed by atoms with Crippen molar-refractivity contribution in [2.24, 2.45) is 0 Å². The van der Waals surface area contributed by atoms with Crippen LogP contribution < -0.4 is 0 Å². The minimum Gasteiger partial charge on any atom is -0.416 e. The van der Waals surface area contributed by atoms with Gasteiger partial charge < -0.3 is 4.42 Å². The standard InChI is InChI=1S/C27H28N2O/c1-2-3-4-5-7-10-21-13-15-24(16-14-21)26-28-29-27(30-26)25-19-17-23(18-20-25)22-11-8-6-9-12-22/h6,8-9,11-20H,2-5,7,10H2,1H3. The first-order valence-corrected chi connectivity index (χ1v) is 10.9. The van der Waals surface area contributed by atoms with Crippen molar-refractivity contribution in [2.45, 2.75) is 45.4 Å². The first kappa shape index (κ1) is 20.1. The SMILES string of the molecule is CCCCCCCc1ccc(-c2nnc(-c3ccc(-c4ccccc4)cc3)o2)cc1. The van der Waals surface area contributed by atoms with Gasteiger partial charge in [-0.05, 0) is 53.8 Å². The van der Waals surface area contributed by atoms with Crippen molar-refractivity contribution in [3.63, 3.8) is 0 Å². The monoisotopic (exact) mass is 396 g/mol. The zero-order valence-corrected chi connectivity index (χ0v) is 17.6. The van der Waals surface area contributed by atoms with E-state index in [1.54, 1.807) is 0 Å². The molecule has 3 heteroatoms. The van der Waals surface area contributed by atoms with Gasteiger partial charge in [0.1, 0.15) is 0 Å². The second-order valence-electron chi connectivity index (χ2n) is 7.72. The minimum atomic E-state index is 0.546. The van der Waals surface area contributed by atoms with Gasteiger partial charge in [-0.15, -0.1) is 10.2 Å². The molecule has 152 valence electrons. The molecule has 30 heavy (non-hydrogen) atoms. The molecule has 0 saturated heterocycles. The van der Waals surface area contributed by atoms with Gasteiger partial charge in [0, 0.05) is 11.1 Å². The summed E-state index contributed by atoms with van der Waals surface area (Å²) in [6, 6.07) is 27.1. The predicted octanol–water partition coefficient (Wildman–Crippen LogP) is 7.58. The lowest BCUT2D eigenvalue weighted by Crippen LogP contribution is -1.87. The van der Waals surface area contributed by atoms with Gasteiger partial charge in [0.05, 0.1) is 0 Å². The maximum atomic E-state index is 5.94. The Balaban J connectivity index is 1.40. The number of aryl methyl sites for hydroxylation is 1. The highest BCUT2D eigenvalue weighted by atomic mass is 16.4. The van der Waals surface area contributed by atoms with Gasteiger partial charge in [0.2, 0.25) is 11.8 Å². The summed E-state index contributed by atoms with van der Waals surface area (Å²) in [5.41, 5.74) is 5.62. The van der Waals surface area contributed by atoms with Gasteiger partial charge in [0.25, 0.3) is 0 Å². The molecule has 3 nitrogen and oxygen atoms in total. The van der Waals surface area contributed by atoms with Crippen molar-refractivity contribution < 1.29 is 4.42 Å². The third-order valence-electron chi connectivity index (χ3n) is 5.43. The largest absolute Gasteiger partial charge is 0.416 e. The molecule has 0 aliphatic heterocycles. The van der Waals surface area contributed by atoms with Gasteiger partial charge in [0.15, 0.2) is 0 Å². The van der Waals surface area contributed by atoms with Crippen LogP contribution in [0.2, 0.25) is 0 Å². The second kappa shape index (κ2) is 10.0. The maximum Gasteiger partial charge on any atom is 0.248 e. The summed E-state index contributed by atoms with van der Waals surface area (Å²) in [5, 5.41) is 8.50. The number of rotatable bonds is 9. The van der Waals surface area contributed by atoms with Crippen LogP contribution >= 0.6 is 0 Å². The zero-order valence-electron chi connectivity index (χ0n) is 17.6. The van der Waals surface area contributed by atoms with Crippen LogP contribution in [0.15, 0.2) is 83.3 Å². The molecule has 0 saturated carbocycles. The molecule has 0 unspecified atom stereocenters. The Morgan fingerprint density at radius 3 is 1.73 bits per heavy atom. The molecule has 0 aliphatic rings. The highest BCUT2D eigenvalue weighted by molar-refractivity contribution is 5.67. The van der Waals surface area contributed by atoms with Crippen LogP contribution in [0, 0.1) is 0 Å². The van der Waals surface area contributed by atoms with E-state index in [9.17, 15) is 0 Å². The molecule has 1 heterocycles. The van der Waals surface area contributed by atoms with E-state index in [0.717, 1.165) is 17.5 Å². The number of aromatic nitrogens is 2. The van der Waals surface area contributed by atoms with Crippen LogP contribution in [0.1, 0.15) is 44.6 Å². The van der Waals surface area contributed by atoms with Crippen LogP contribution in [0.25, 0.3) is 34.0 Å². The molecule has 3 aromatic carbocycles. The molecule has 4 aromatic rings. The highest BCUT2D eigenvalue weighted by Gasteiger charge is 2.11. The summed E-state index contributed by atoms with van der Waals surface area (Å²) in [6.45, 7) is 2.25. The van der Waals surface area contributed by atoms with E-state index in [1.807, 2.05) is 30.3 Å². The first-order chi connectivity index (χ1) is 14.8. The quantitative estimate of drug-likeness (QED) is 0.274. The average molecular weight is 397 g/mol. The minimum absolute atomic E-state index is 0.546. The van der Waals surface area contributed by atoms with Gasteiger partial charge in [-0.3, -0.25) is 0 Å². The van der Waals surface area contributed by atoms with Crippen molar-refractivity contribution in [3.05, 3.63) is 84.4 Å². The van der Waals surface area contributed by atoms with E-state index in [2.05, 4.69) is 65.7 Å². The van der Waals surface area contributed by atoms with Gasteiger partial charge in [-0.1, -0.05) is 87.2 Å². The van der Waals surface area contributed by atoms with Crippen molar-refractivity contribution in [1.29, 1.82) is 0 Å². The van der Waals surface area contributed by atoms with Crippen molar-refractivity contribution in [3.8, 4) is 34.0 Å². The normalized spacial score (nSPS) is 11.0. The van der Waals surface area contributed by atoms with E-state index in [1.165, 1.54) is 48.8 Å². The third kappa shape index (κ3) is 5.04. The summed E-state index contributed by atoms with van der Waals surface area (Å²) in [5.74, 6) is 1.11. The van der Waals surface area contributed by atoms with Crippen LogP contribution in [0.3, 0.4) is 0 Å². The molecule has 0 amide bonds. The molecule has 0 bridgehead atoms. The molecule has 0 spiro atoms. The molecule has 0 N–H and O–H groups in total. The first-order valence-electron chi connectivity index (χ1n) is 10.9. The Kier molecular flexibility index (Phi) is 6.71. The van der Waals surface area contributed by atoms with E-state index in [4.69, 9.17) is 4.42 Å². The number of unbranched alkanes of at least 4 members (excludes halogenated alkanes) is 4. The summed E-state index contributed by atoms with van der Waals surface area (Å²) in [6.07, 6.45) is 7.67. The average Bonchev–Trinajstić information content (AvgIpc) is 3.30. The Labute approximate surface area is 178 Å². The third-order valence-corrected chi connectivity index (χ3v) is 5.43. The van der Waals surface area contributed by atoms with Crippen LogP contribution in [0.4, 0.5) is 0 Å². The molecule has 0 atom stereocenters. The highest BCUT2D eigenvalue weighted by Crippen LogP contribution is 2.27. The molecule has 0 aliphatic carbocycles. The van der Waals surface area contributed by atoms with Gasteiger partial charge in [-0.2, -0.15) is 0 Å². The van der Waals surface area contributed by atoms with Gasteiger partial charge >= 0.3 is 0 Å². The van der Waals surface area contributed by atoms with E-state index in [-0.39, 0.29) is 0 Å². The molecular formula is C27H28N2O. The fourth-order valence-corrected chi connectivity index (χ4v) is 3.64. The molecule has 4 rings (SSSR count). The molecule has 0 radical (unpaired) electrons. The Bertz CT molecular complexity index is 1030. The maximum absolute atomic E-state index is 5.94. The van der Waals surface area contributed by atoms with Crippen molar-refractivity contribution >= 4 is 0 Å². The lowest BCUT2D eigenvalue weighted by Gasteiger charge is -2.03. The smallest absolute Gasteiger partial charge is 0.248 e. The van der Waals surface area contributed by atoms with Gasteiger partial charge in [-0.25, -0.2) is 0 Å². The number of benzene rings is 3. The lowest BCUT2D eigenvalue weighted by molar-refractivity contribution is 0.584. The van der Waals surface area contributed by atoms with Crippen LogP contribution in [-0.4, -0.2) is 10.2 Å². The summed E-state index contributed by atoms with van der Waals surface area (Å²) in [4.78, 5) is 0. The second-order valence-corrected chi connectivity index (χ2v) is 7.72. The zero-order chi connectivity index (χ0) is 20.6. The summed E-state index contributed by atoms with van der Waals surface area (Å²) >= 11 is 0. The fourth-order valence-electron chi connectivity index (χ4n) is 3.64. The Morgan fingerprint density at radius 1 is 0.567 bits per heavy atom.